The molecule has 0 spiro atoms. The highest BCUT2D eigenvalue weighted by atomic mass is 14.8. The lowest BCUT2D eigenvalue weighted by atomic mass is 9.74. The van der Waals surface area contributed by atoms with E-state index in [0.29, 0.717) is 11.3 Å². The van der Waals surface area contributed by atoms with Crippen LogP contribution >= 0.6 is 0 Å². The lowest BCUT2D eigenvalue weighted by Gasteiger charge is -2.31. The minimum absolute atomic E-state index is 0.381. The molecule has 1 nitrogen and oxygen atoms in total. The standard InChI is InChI=1S/C20H30.C16H23N.2C3H8.2C2H6/c1-7-9-17-10-11-18(8-2)19(14-17)15-20(5,6)13-12-16(3)4;1-4-17-13-5-6-14(2)7-10-16-11-8-15(3)9-12-16;2*1-3-2;2*1-2/h1,8,10-11,14,16,19H,9,12-13,15H2,2-6H3;5-6,8-9,11-13,17H,4,7,10H2,1-3H3;2*3H2,1-2H3;2*1-2H3/b18-8-;13-5+,14-6-;;;;. The molecule has 47 heavy (non-hydrogen) atoms. The molecule has 1 aliphatic carbocycles. The van der Waals surface area contributed by atoms with Crippen molar-refractivity contribution in [3.63, 3.8) is 0 Å². The second kappa shape index (κ2) is 36.1. The molecule has 1 aromatic rings. The van der Waals surface area contributed by atoms with Gasteiger partial charge >= 0.3 is 0 Å². The molecule has 2 rings (SSSR count). The molecule has 0 fully saturated rings. The maximum atomic E-state index is 5.44. The largest absolute Gasteiger partial charge is 0.391 e. The molecule has 1 N–H and O–H groups in total. The van der Waals surface area contributed by atoms with E-state index < -0.39 is 0 Å². The van der Waals surface area contributed by atoms with Gasteiger partial charge in [0, 0.05) is 18.9 Å². The lowest BCUT2D eigenvalue weighted by Crippen LogP contribution is -2.19. The van der Waals surface area contributed by atoms with Crippen molar-refractivity contribution in [3.8, 4) is 12.3 Å². The van der Waals surface area contributed by atoms with Gasteiger partial charge in [0.15, 0.2) is 0 Å². The van der Waals surface area contributed by atoms with Crippen LogP contribution in [0.3, 0.4) is 0 Å². The zero-order valence-electron chi connectivity index (χ0n) is 34.4. The van der Waals surface area contributed by atoms with E-state index in [2.05, 4.69) is 155 Å². The Bertz CT molecular complexity index is 1000. The maximum absolute atomic E-state index is 5.44. The first-order valence-corrected chi connectivity index (χ1v) is 19.0. The van der Waals surface area contributed by atoms with E-state index in [0.717, 1.165) is 31.7 Å². The van der Waals surface area contributed by atoms with Gasteiger partial charge in [-0.15, -0.1) is 12.3 Å². The summed E-state index contributed by atoms with van der Waals surface area (Å²) in [4.78, 5) is 0. The van der Waals surface area contributed by atoms with Crippen molar-refractivity contribution in [3.05, 3.63) is 94.8 Å². The van der Waals surface area contributed by atoms with E-state index in [1.165, 1.54) is 60.0 Å². The van der Waals surface area contributed by atoms with E-state index in [9.17, 15) is 0 Å². The van der Waals surface area contributed by atoms with Gasteiger partial charge in [0.05, 0.1) is 0 Å². The molecule has 1 aliphatic rings. The van der Waals surface area contributed by atoms with Crippen LogP contribution in [0.2, 0.25) is 0 Å². The van der Waals surface area contributed by atoms with Crippen molar-refractivity contribution < 1.29 is 0 Å². The molecule has 1 aromatic carbocycles. The number of aryl methyl sites for hydroxylation is 2. The molecule has 0 aromatic heterocycles. The predicted octanol–water partition coefficient (Wildman–Crippen LogP) is 14.8. The summed E-state index contributed by atoms with van der Waals surface area (Å²) in [5.74, 6) is 4.06. The van der Waals surface area contributed by atoms with Crippen LogP contribution in [-0.4, -0.2) is 6.54 Å². The minimum Gasteiger partial charge on any atom is -0.391 e. The van der Waals surface area contributed by atoms with Crippen molar-refractivity contribution in [2.45, 2.75) is 162 Å². The number of rotatable bonds is 12. The zero-order valence-corrected chi connectivity index (χ0v) is 34.4. The highest BCUT2D eigenvalue weighted by molar-refractivity contribution is 5.39. The molecule has 0 radical (unpaired) electrons. The summed E-state index contributed by atoms with van der Waals surface area (Å²) >= 11 is 0. The average molecular weight is 648 g/mol. The summed E-state index contributed by atoms with van der Waals surface area (Å²) in [6.45, 7) is 35.4. The second-order valence-corrected chi connectivity index (χ2v) is 13.0. The smallest absolute Gasteiger partial charge is 0.0334 e. The van der Waals surface area contributed by atoms with Crippen LogP contribution in [0.5, 0.6) is 0 Å². The van der Waals surface area contributed by atoms with E-state index in [-0.39, 0.29) is 0 Å². The molecule has 1 atom stereocenters. The van der Waals surface area contributed by atoms with Crippen LogP contribution in [0, 0.1) is 36.5 Å². The Morgan fingerprint density at radius 1 is 0.957 bits per heavy atom. The van der Waals surface area contributed by atoms with Crippen molar-refractivity contribution in [1.29, 1.82) is 0 Å². The molecular weight excluding hydrogens is 567 g/mol. The topological polar surface area (TPSA) is 12.0 Å². The van der Waals surface area contributed by atoms with Gasteiger partial charge in [-0.05, 0) is 93.7 Å². The Hall–Kier alpha value is -2.72. The number of benzene rings is 1. The number of allylic oxidation sites excluding steroid dienone is 9. The SMILES string of the molecule is C#CCC1=CC(CC(C)(C)CCC(C)C)/C(=C\C)C=C1.CC.CC.CCC.CCC.CCN/C=C/C=C(/C)CCc1ccc(C)cc1. The van der Waals surface area contributed by atoms with Crippen LogP contribution in [0.4, 0.5) is 0 Å². The van der Waals surface area contributed by atoms with Gasteiger partial charge in [-0.2, -0.15) is 0 Å². The monoisotopic (exact) mass is 648 g/mol. The summed E-state index contributed by atoms with van der Waals surface area (Å²) in [5.41, 5.74) is 7.27. The summed E-state index contributed by atoms with van der Waals surface area (Å²) < 4.78 is 0. The highest BCUT2D eigenvalue weighted by Gasteiger charge is 2.25. The first-order chi connectivity index (χ1) is 22.4. The van der Waals surface area contributed by atoms with Crippen LogP contribution < -0.4 is 5.32 Å². The van der Waals surface area contributed by atoms with Crippen LogP contribution in [0.15, 0.2) is 83.6 Å². The third-order valence-corrected chi connectivity index (χ3v) is 6.87. The van der Waals surface area contributed by atoms with E-state index >= 15 is 0 Å². The maximum Gasteiger partial charge on any atom is 0.0334 e. The van der Waals surface area contributed by atoms with E-state index in [4.69, 9.17) is 6.42 Å². The van der Waals surface area contributed by atoms with Gasteiger partial charge in [-0.3, -0.25) is 0 Å². The number of hydrogen-bond donors (Lipinski definition) is 1. The molecule has 1 heteroatoms. The Kier molecular flexibility index (Phi) is 39.3. The van der Waals surface area contributed by atoms with Gasteiger partial charge in [-0.25, -0.2) is 0 Å². The van der Waals surface area contributed by atoms with Gasteiger partial charge < -0.3 is 5.32 Å². The molecule has 1 unspecified atom stereocenters. The van der Waals surface area contributed by atoms with Gasteiger partial charge in [0.1, 0.15) is 0 Å². The van der Waals surface area contributed by atoms with Crippen molar-refractivity contribution in [2.24, 2.45) is 17.3 Å². The summed E-state index contributed by atoms with van der Waals surface area (Å²) in [5, 5.41) is 3.16. The molecule has 0 aliphatic heterocycles. The van der Waals surface area contributed by atoms with Gasteiger partial charge in [0.25, 0.3) is 0 Å². The fourth-order valence-electron chi connectivity index (χ4n) is 4.41. The fourth-order valence-corrected chi connectivity index (χ4v) is 4.41. The third kappa shape index (κ3) is 33.0. The zero-order chi connectivity index (χ0) is 37.1. The van der Waals surface area contributed by atoms with Crippen LogP contribution in [-0.2, 0) is 6.42 Å². The molecular formula is C46H81N. The first kappa shape index (κ1) is 51.1. The third-order valence-electron chi connectivity index (χ3n) is 6.87. The van der Waals surface area contributed by atoms with Gasteiger partial charge in [-0.1, -0.05) is 168 Å². The van der Waals surface area contributed by atoms with Crippen LogP contribution in [0.25, 0.3) is 0 Å². The molecule has 0 amide bonds. The predicted molar refractivity (Wildman–Crippen MR) is 221 cm³/mol. The molecule has 0 saturated heterocycles. The minimum atomic E-state index is 0.381. The number of terminal acetylenes is 1. The Morgan fingerprint density at radius 2 is 1.51 bits per heavy atom. The Balaban J connectivity index is -0.000000310. The fraction of sp³-hybridized carbons (Fsp3) is 0.609. The van der Waals surface area contributed by atoms with Crippen LogP contribution in [0.1, 0.15) is 160 Å². The van der Waals surface area contributed by atoms with Gasteiger partial charge in [0.2, 0.25) is 0 Å². The lowest BCUT2D eigenvalue weighted by molar-refractivity contribution is 0.262. The van der Waals surface area contributed by atoms with Crippen molar-refractivity contribution in [1.82, 2.24) is 5.32 Å². The first-order valence-electron chi connectivity index (χ1n) is 19.0. The van der Waals surface area contributed by atoms with Crippen molar-refractivity contribution >= 4 is 0 Å². The van der Waals surface area contributed by atoms with E-state index in [1.54, 1.807) is 0 Å². The quantitative estimate of drug-likeness (QED) is 0.176. The summed E-state index contributed by atoms with van der Waals surface area (Å²) in [7, 11) is 0. The molecule has 270 valence electrons. The van der Waals surface area contributed by atoms with E-state index in [1.807, 2.05) is 33.9 Å². The number of nitrogens with one attached hydrogen (secondary N) is 1. The normalized spacial score (nSPS) is 14.4. The molecule has 0 heterocycles. The Labute approximate surface area is 297 Å². The average Bonchev–Trinajstić information content (AvgIpc) is 3.05. The summed E-state index contributed by atoms with van der Waals surface area (Å²) in [6.07, 6.45) is 30.0. The highest BCUT2D eigenvalue weighted by Crippen LogP contribution is 2.37. The molecule has 0 bridgehead atoms. The Morgan fingerprint density at radius 3 is 1.98 bits per heavy atom. The molecule has 0 saturated carbocycles. The summed E-state index contributed by atoms with van der Waals surface area (Å²) in [6, 6.07) is 8.80. The van der Waals surface area contributed by atoms with Crippen molar-refractivity contribution in [2.75, 3.05) is 6.54 Å². The second-order valence-electron chi connectivity index (χ2n) is 13.0. The number of hydrogen-bond acceptors (Lipinski definition) is 1.